The van der Waals surface area contributed by atoms with Crippen molar-refractivity contribution in [2.24, 2.45) is 5.73 Å². The lowest BCUT2D eigenvalue weighted by Crippen LogP contribution is -2.10. The molecular weight excluding hydrogens is 228 g/mol. The van der Waals surface area contributed by atoms with Crippen LogP contribution in [0.2, 0.25) is 0 Å². The van der Waals surface area contributed by atoms with Gasteiger partial charge in [-0.15, -0.1) is 0 Å². The molecule has 0 atom stereocenters. The van der Waals surface area contributed by atoms with Gasteiger partial charge in [-0.3, -0.25) is 9.36 Å². The number of benzene rings is 1. The summed E-state index contributed by atoms with van der Waals surface area (Å²) in [5.74, 6) is -0.432. The van der Waals surface area contributed by atoms with Crippen LogP contribution in [0.15, 0.2) is 48.9 Å². The van der Waals surface area contributed by atoms with Crippen LogP contribution in [-0.2, 0) is 0 Å². The third-order valence-electron chi connectivity index (χ3n) is 2.75. The van der Waals surface area contributed by atoms with Gasteiger partial charge in [-0.05, 0) is 36.4 Å². The largest absolute Gasteiger partial charge is 0.366 e. The second-order valence-corrected chi connectivity index (χ2v) is 3.87. The van der Waals surface area contributed by atoms with Crippen LogP contribution in [-0.4, -0.2) is 20.4 Å². The number of carbonyl (C=O) groups is 1. The van der Waals surface area contributed by atoms with E-state index in [9.17, 15) is 4.79 Å². The van der Waals surface area contributed by atoms with Crippen molar-refractivity contribution in [1.29, 1.82) is 0 Å². The number of aromatic nitrogens is 3. The smallest absolute Gasteiger partial charge is 0.248 e. The summed E-state index contributed by atoms with van der Waals surface area (Å²) in [6.07, 6.45) is 3.41. The van der Waals surface area contributed by atoms with Crippen LogP contribution < -0.4 is 5.73 Å². The first-order chi connectivity index (χ1) is 8.75. The third kappa shape index (κ3) is 1.62. The highest BCUT2D eigenvalue weighted by Crippen LogP contribution is 2.16. The number of fused-ring (bicyclic) bond motifs is 1. The molecule has 2 heterocycles. The fourth-order valence-electron chi connectivity index (χ4n) is 1.84. The Labute approximate surface area is 103 Å². The van der Waals surface area contributed by atoms with E-state index in [4.69, 9.17) is 5.73 Å². The molecule has 5 heteroatoms. The van der Waals surface area contributed by atoms with E-state index in [1.807, 2.05) is 28.8 Å². The molecular formula is C13H10N4O. The van der Waals surface area contributed by atoms with Crippen LogP contribution >= 0.6 is 0 Å². The summed E-state index contributed by atoms with van der Waals surface area (Å²) in [5.41, 5.74) is 8.22. The van der Waals surface area contributed by atoms with Gasteiger partial charge in [0.2, 0.25) is 5.91 Å². The Hall–Kier alpha value is -2.69. The van der Waals surface area contributed by atoms with Crippen molar-refractivity contribution in [3.05, 3.63) is 54.5 Å². The molecule has 0 saturated carbocycles. The fraction of sp³-hybridized carbons (Fsp3) is 0. The predicted molar refractivity (Wildman–Crippen MR) is 67.4 cm³/mol. The van der Waals surface area contributed by atoms with Gasteiger partial charge in [0, 0.05) is 17.4 Å². The van der Waals surface area contributed by atoms with E-state index in [1.54, 1.807) is 24.7 Å². The first-order valence-corrected chi connectivity index (χ1v) is 5.44. The van der Waals surface area contributed by atoms with Gasteiger partial charge in [-0.25, -0.2) is 9.97 Å². The van der Waals surface area contributed by atoms with E-state index >= 15 is 0 Å². The highest BCUT2D eigenvalue weighted by molar-refractivity contribution is 5.93. The van der Waals surface area contributed by atoms with E-state index in [0.717, 1.165) is 11.2 Å². The number of hydrogen-bond donors (Lipinski definition) is 1. The van der Waals surface area contributed by atoms with Crippen molar-refractivity contribution in [3.63, 3.8) is 0 Å². The van der Waals surface area contributed by atoms with E-state index in [0.29, 0.717) is 11.2 Å². The minimum atomic E-state index is -0.432. The lowest BCUT2D eigenvalue weighted by molar-refractivity contribution is 0.100. The molecule has 18 heavy (non-hydrogen) atoms. The Morgan fingerprint density at radius 3 is 2.61 bits per heavy atom. The number of imidazole rings is 1. The Morgan fingerprint density at radius 2 is 1.89 bits per heavy atom. The molecule has 88 valence electrons. The molecule has 0 saturated heterocycles. The van der Waals surface area contributed by atoms with Crippen molar-refractivity contribution in [2.75, 3.05) is 0 Å². The average Bonchev–Trinajstić information content (AvgIpc) is 2.82. The lowest BCUT2D eigenvalue weighted by Gasteiger charge is -2.04. The predicted octanol–water partition coefficient (Wildman–Crippen LogP) is 1.52. The van der Waals surface area contributed by atoms with Gasteiger partial charge >= 0.3 is 0 Å². The molecule has 1 amide bonds. The lowest BCUT2D eigenvalue weighted by atomic mass is 10.2. The molecule has 5 nitrogen and oxygen atoms in total. The van der Waals surface area contributed by atoms with Crippen LogP contribution in [0.4, 0.5) is 0 Å². The number of pyridine rings is 1. The Balaban J connectivity index is 2.12. The summed E-state index contributed by atoms with van der Waals surface area (Å²) < 4.78 is 1.91. The van der Waals surface area contributed by atoms with Gasteiger partial charge in [-0.2, -0.15) is 0 Å². The number of amides is 1. The minimum absolute atomic E-state index is 0.432. The second-order valence-electron chi connectivity index (χ2n) is 3.87. The Bertz CT molecular complexity index is 715. The number of nitrogens with two attached hydrogens (primary N) is 1. The molecule has 0 radical (unpaired) electrons. The van der Waals surface area contributed by atoms with Crippen molar-refractivity contribution < 1.29 is 4.79 Å². The Kier molecular flexibility index (Phi) is 2.30. The van der Waals surface area contributed by atoms with Crippen LogP contribution in [0, 0.1) is 0 Å². The van der Waals surface area contributed by atoms with Gasteiger partial charge in [0.15, 0.2) is 5.65 Å². The average molecular weight is 238 g/mol. The zero-order chi connectivity index (χ0) is 12.5. The zero-order valence-corrected chi connectivity index (χ0v) is 9.45. The maximum atomic E-state index is 11.0. The normalized spacial score (nSPS) is 10.7. The summed E-state index contributed by atoms with van der Waals surface area (Å²) in [5, 5.41) is 0. The zero-order valence-electron chi connectivity index (χ0n) is 9.45. The highest BCUT2D eigenvalue weighted by atomic mass is 16.1. The molecule has 2 aromatic heterocycles. The molecule has 0 aliphatic rings. The molecule has 1 aromatic carbocycles. The molecule has 2 N–H and O–H groups in total. The van der Waals surface area contributed by atoms with Crippen molar-refractivity contribution in [1.82, 2.24) is 14.5 Å². The summed E-state index contributed by atoms with van der Waals surface area (Å²) in [4.78, 5) is 19.4. The van der Waals surface area contributed by atoms with Crippen molar-refractivity contribution in [3.8, 4) is 5.69 Å². The van der Waals surface area contributed by atoms with Crippen LogP contribution in [0.5, 0.6) is 0 Å². The molecule has 0 fully saturated rings. The number of rotatable bonds is 2. The molecule has 0 bridgehead atoms. The molecule has 3 aromatic rings. The molecule has 0 aliphatic carbocycles. The third-order valence-corrected chi connectivity index (χ3v) is 2.75. The SMILES string of the molecule is NC(=O)c1ccc(-n2cnc3ncccc32)cc1. The van der Waals surface area contributed by atoms with Crippen LogP contribution in [0.25, 0.3) is 16.9 Å². The summed E-state index contributed by atoms with van der Waals surface area (Å²) >= 11 is 0. The molecule has 3 rings (SSSR count). The van der Waals surface area contributed by atoms with Gasteiger partial charge in [0.05, 0.1) is 5.52 Å². The Morgan fingerprint density at radius 1 is 1.11 bits per heavy atom. The van der Waals surface area contributed by atoms with Crippen LogP contribution in [0.3, 0.4) is 0 Å². The monoisotopic (exact) mass is 238 g/mol. The van der Waals surface area contributed by atoms with Gasteiger partial charge in [-0.1, -0.05) is 0 Å². The number of hydrogen-bond acceptors (Lipinski definition) is 3. The van der Waals surface area contributed by atoms with E-state index in [-0.39, 0.29) is 0 Å². The van der Waals surface area contributed by atoms with Gasteiger partial charge in [0.1, 0.15) is 6.33 Å². The first kappa shape index (κ1) is 10.5. The fourth-order valence-corrected chi connectivity index (χ4v) is 1.84. The molecule has 0 aliphatic heterocycles. The molecule has 0 spiro atoms. The number of primary amides is 1. The van der Waals surface area contributed by atoms with E-state index in [1.165, 1.54) is 0 Å². The standard InChI is InChI=1S/C13H10N4O/c14-12(18)9-3-5-10(6-4-9)17-8-16-13-11(17)2-1-7-15-13/h1-8H,(H2,14,18). The summed E-state index contributed by atoms with van der Waals surface area (Å²) in [6, 6.07) is 10.8. The van der Waals surface area contributed by atoms with Gasteiger partial charge in [0.25, 0.3) is 0 Å². The maximum Gasteiger partial charge on any atom is 0.248 e. The second kappa shape index (κ2) is 3.96. The minimum Gasteiger partial charge on any atom is -0.366 e. The number of nitrogens with zero attached hydrogens (tertiary/aromatic N) is 3. The topological polar surface area (TPSA) is 73.8 Å². The van der Waals surface area contributed by atoms with Crippen LogP contribution in [0.1, 0.15) is 10.4 Å². The molecule has 0 unspecified atom stereocenters. The summed E-state index contributed by atoms with van der Waals surface area (Å²) in [7, 11) is 0. The van der Waals surface area contributed by atoms with Crippen molar-refractivity contribution in [2.45, 2.75) is 0 Å². The number of carbonyl (C=O) groups excluding carboxylic acids is 1. The van der Waals surface area contributed by atoms with E-state index in [2.05, 4.69) is 9.97 Å². The maximum absolute atomic E-state index is 11.0. The van der Waals surface area contributed by atoms with E-state index < -0.39 is 5.91 Å². The van der Waals surface area contributed by atoms with Crippen molar-refractivity contribution >= 4 is 17.1 Å². The summed E-state index contributed by atoms with van der Waals surface area (Å²) in [6.45, 7) is 0. The van der Waals surface area contributed by atoms with Gasteiger partial charge < -0.3 is 5.73 Å². The quantitative estimate of drug-likeness (QED) is 0.735. The highest BCUT2D eigenvalue weighted by Gasteiger charge is 2.05. The first-order valence-electron chi connectivity index (χ1n) is 5.44.